The van der Waals surface area contributed by atoms with Gasteiger partial charge < -0.3 is 24.6 Å². The van der Waals surface area contributed by atoms with Crippen LogP contribution in [0.3, 0.4) is 0 Å². The third-order valence-electron chi connectivity index (χ3n) is 7.76. The molecule has 9 nitrogen and oxygen atoms in total. The van der Waals surface area contributed by atoms with Crippen molar-refractivity contribution < 1.29 is 14.3 Å². The Morgan fingerprint density at radius 2 is 2.05 bits per heavy atom. The van der Waals surface area contributed by atoms with Crippen LogP contribution in [-0.4, -0.2) is 85.2 Å². The number of aromatic nitrogens is 2. The first-order valence-electron chi connectivity index (χ1n) is 14.8. The van der Waals surface area contributed by atoms with E-state index < -0.39 is 0 Å². The summed E-state index contributed by atoms with van der Waals surface area (Å²) >= 11 is 0. The molecule has 1 saturated heterocycles. The van der Waals surface area contributed by atoms with Crippen LogP contribution in [0.25, 0.3) is 11.3 Å². The van der Waals surface area contributed by atoms with Crippen LogP contribution in [0.1, 0.15) is 25.3 Å². The minimum Gasteiger partial charge on any atom is -0.493 e. The van der Waals surface area contributed by atoms with Gasteiger partial charge in [0.15, 0.2) is 0 Å². The Morgan fingerprint density at radius 3 is 2.93 bits per heavy atom. The molecule has 0 radical (unpaired) electrons. The molecule has 5 rings (SSSR count). The van der Waals surface area contributed by atoms with E-state index in [1.165, 1.54) is 0 Å². The number of hydrogen-bond acceptors (Lipinski definition) is 8. The molecule has 43 heavy (non-hydrogen) atoms. The molecule has 1 fully saturated rings. The predicted molar refractivity (Wildman–Crippen MR) is 170 cm³/mol. The molecule has 3 heterocycles. The van der Waals surface area contributed by atoms with Crippen LogP contribution in [0.2, 0.25) is 0 Å². The number of amides is 1. The lowest BCUT2D eigenvalue weighted by Crippen LogP contribution is -2.40. The van der Waals surface area contributed by atoms with Gasteiger partial charge in [0.2, 0.25) is 5.95 Å². The van der Waals surface area contributed by atoms with E-state index in [4.69, 9.17) is 14.5 Å². The van der Waals surface area contributed by atoms with Crippen LogP contribution in [0, 0.1) is 11.8 Å². The molecular weight excluding hydrogens is 540 g/mol. The Balaban J connectivity index is 1.32. The molecule has 3 aromatic rings. The van der Waals surface area contributed by atoms with Gasteiger partial charge in [0.1, 0.15) is 5.75 Å². The summed E-state index contributed by atoms with van der Waals surface area (Å²) < 4.78 is 11.9. The largest absolute Gasteiger partial charge is 0.493 e. The third-order valence-corrected chi connectivity index (χ3v) is 7.76. The van der Waals surface area contributed by atoms with Gasteiger partial charge >= 0.3 is 0 Å². The van der Waals surface area contributed by atoms with Crippen molar-refractivity contribution >= 4 is 23.2 Å². The Bertz CT molecular complexity index is 1500. The van der Waals surface area contributed by atoms with Gasteiger partial charge in [-0.1, -0.05) is 30.2 Å². The zero-order chi connectivity index (χ0) is 30.0. The van der Waals surface area contributed by atoms with Gasteiger partial charge in [-0.05, 0) is 74.7 Å². The summed E-state index contributed by atoms with van der Waals surface area (Å²) in [6.45, 7) is 6.47. The van der Waals surface area contributed by atoms with Gasteiger partial charge in [-0.2, -0.15) is 0 Å². The molecular formula is C34H40N6O3. The van der Waals surface area contributed by atoms with Crippen LogP contribution in [0.5, 0.6) is 5.75 Å². The van der Waals surface area contributed by atoms with Gasteiger partial charge in [0.25, 0.3) is 5.91 Å². The van der Waals surface area contributed by atoms with Crippen molar-refractivity contribution in [1.82, 2.24) is 19.8 Å². The number of ether oxygens (including phenoxy) is 2. The van der Waals surface area contributed by atoms with Gasteiger partial charge in [0, 0.05) is 62.4 Å². The second-order valence-electron chi connectivity index (χ2n) is 10.9. The topological polar surface area (TPSA) is 83.1 Å². The average Bonchev–Trinajstić information content (AvgIpc) is 3.52. The molecule has 1 aromatic heterocycles. The van der Waals surface area contributed by atoms with Crippen molar-refractivity contribution in [3.8, 4) is 28.8 Å². The van der Waals surface area contributed by atoms with Crippen molar-refractivity contribution in [1.29, 1.82) is 0 Å². The van der Waals surface area contributed by atoms with Crippen LogP contribution >= 0.6 is 0 Å². The number of benzene rings is 2. The lowest BCUT2D eigenvalue weighted by molar-refractivity contribution is -0.124. The van der Waals surface area contributed by atoms with Gasteiger partial charge in [-0.15, -0.1) is 0 Å². The predicted octanol–water partition coefficient (Wildman–Crippen LogP) is 4.73. The number of carbonyl (C=O) groups is 1. The summed E-state index contributed by atoms with van der Waals surface area (Å²) in [4.78, 5) is 27.9. The maximum atomic E-state index is 12.2. The fourth-order valence-electron chi connectivity index (χ4n) is 5.27. The van der Waals surface area contributed by atoms with Crippen molar-refractivity contribution in [3.05, 3.63) is 72.4 Å². The van der Waals surface area contributed by atoms with E-state index in [2.05, 4.69) is 70.3 Å². The molecule has 2 aliphatic rings. The number of carbonyl (C=O) groups excluding carboxylic acids is 1. The van der Waals surface area contributed by atoms with Crippen molar-refractivity contribution in [2.75, 3.05) is 63.7 Å². The van der Waals surface area contributed by atoms with Crippen molar-refractivity contribution in [2.45, 2.75) is 32.4 Å². The number of rotatable bonds is 5. The highest BCUT2D eigenvalue weighted by Gasteiger charge is 2.28. The number of fused-ring (bicyclic) bond motifs is 7. The maximum Gasteiger partial charge on any atom is 0.298 e. The first kappa shape index (κ1) is 30.1. The second-order valence-corrected chi connectivity index (χ2v) is 10.9. The molecule has 224 valence electrons. The Labute approximate surface area is 254 Å². The fraction of sp³-hybridized carbons (Fsp3) is 0.382. The number of likely N-dealkylation sites (tertiary alicyclic amines) is 1. The molecule has 9 heteroatoms. The zero-order valence-corrected chi connectivity index (χ0v) is 25.3. The van der Waals surface area contributed by atoms with Crippen molar-refractivity contribution in [2.24, 2.45) is 0 Å². The van der Waals surface area contributed by atoms with E-state index in [1.54, 1.807) is 13.1 Å². The highest BCUT2D eigenvalue weighted by molar-refractivity contribution is 5.93. The van der Waals surface area contributed by atoms with Crippen LogP contribution in [-0.2, 0) is 16.1 Å². The molecule has 0 spiro atoms. The molecule has 0 saturated carbocycles. The normalized spacial score (nSPS) is 17.5. The summed E-state index contributed by atoms with van der Waals surface area (Å²) in [5.74, 6) is 6.63. The quantitative estimate of drug-likeness (QED) is 0.343. The molecule has 0 aliphatic carbocycles. The second kappa shape index (κ2) is 14.7. The summed E-state index contributed by atoms with van der Waals surface area (Å²) in [5, 5.41) is 3.42. The van der Waals surface area contributed by atoms with Gasteiger partial charge in [-0.25, -0.2) is 9.97 Å². The number of likely N-dealkylation sites (N-methyl/N-ethyl adjacent to an activating group) is 2. The van der Waals surface area contributed by atoms with Gasteiger partial charge in [0.05, 0.1) is 25.5 Å². The minimum absolute atomic E-state index is 0.0784. The maximum absolute atomic E-state index is 12.2. The van der Waals surface area contributed by atoms with Crippen LogP contribution < -0.4 is 15.0 Å². The summed E-state index contributed by atoms with van der Waals surface area (Å²) in [6, 6.07) is 16.6. The van der Waals surface area contributed by atoms with Gasteiger partial charge in [-0.3, -0.25) is 9.69 Å². The van der Waals surface area contributed by atoms with E-state index in [1.807, 2.05) is 41.3 Å². The van der Waals surface area contributed by atoms with Crippen LogP contribution in [0.4, 0.5) is 17.3 Å². The van der Waals surface area contributed by atoms with E-state index in [0.29, 0.717) is 31.8 Å². The number of hydrogen-bond donors (Lipinski definition) is 1. The summed E-state index contributed by atoms with van der Waals surface area (Å²) in [6.07, 6.45) is 7.66. The molecule has 1 atom stereocenters. The average molecular weight is 581 g/mol. The van der Waals surface area contributed by atoms with E-state index in [9.17, 15) is 4.79 Å². The smallest absolute Gasteiger partial charge is 0.298 e. The van der Waals surface area contributed by atoms with Crippen molar-refractivity contribution in [3.63, 3.8) is 0 Å². The zero-order valence-electron chi connectivity index (χ0n) is 25.3. The monoisotopic (exact) mass is 580 g/mol. The SMILES string of the molecule is CC#CC(=O)N1CCC(N(C)CCN(C)c2cc3cc(c2)Nc2nccc(n2)-c2cccc(c2)OCC/C=C/COC3)C1. The third kappa shape index (κ3) is 8.34. The summed E-state index contributed by atoms with van der Waals surface area (Å²) in [7, 11) is 4.24. The molecule has 6 bridgehead atoms. The Morgan fingerprint density at radius 1 is 1.14 bits per heavy atom. The number of nitrogens with one attached hydrogen (secondary N) is 1. The molecule has 1 N–H and O–H groups in total. The number of nitrogens with zero attached hydrogens (tertiary/aromatic N) is 5. The highest BCUT2D eigenvalue weighted by atomic mass is 16.5. The van der Waals surface area contributed by atoms with E-state index in [0.717, 1.165) is 73.0 Å². The fourth-order valence-corrected chi connectivity index (χ4v) is 5.27. The lowest BCUT2D eigenvalue weighted by Gasteiger charge is -2.28. The standard InChI is InChI=1S/C34H40N6O3/c1-4-9-33(41)40-15-13-29(24-40)38(2)16-17-39(3)30-21-26-20-28(23-30)36-34-35-14-12-32(37-34)27-10-8-11-31(22-27)43-19-7-5-6-18-42-25-26/h5-6,8,10-12,14,20-23,29H,7,13,15-19,24-25H2,1-3H3,(H,35,36,37)/b6-5+. The Kier molecular flexibility index (Phi) is 10.3. The lowest BCUT2D eigenvalue weighted by atomic mass is 10.1. The summed E-state index contributed by atoms with van der Waals surface area (Å²) in [5.41, 5.74) is 4.81. The van der Waals surface area contributed by atoms with Crippen LogP contribution in [0.15, 0.2) is 66.9 Å². The molecule has 2 aliphatic heterocycles. The Hall–Kier alpha value is -4.39. The molecule has 1 unspecified atom stereocenters. The van der Waals surface area contributed by atoms with E-state index >= 15 is 0 Å². The highest BCUT2D eigenvalue weighted by Crippen LogP contribution is 2.27. The first-order chi connectivity index (χ1) is 21.0. The molecule has 1 amide bonds. The minimum atomic E-state index is -0.0784. The number of anilines is 3. The molecule has 2 aromatic carbocycles. The first-order valence-corrected chi connectivity index (χ1v) is 14.8. The van der Waals surface area contributed by atoms with E-state index in [-0.39, 0.29) is 5.91 Å².